The smallest absolute Gasteiger partial charge is 0.191 e. The zero-order chi connectivity index (χ0) is 19.0. The van der Waals surface area contributed by atoms with Gasteiger partial charge in [0, 0.05) is 6.54 Å². The maximum Gasteiger partial charge on any atom is 0.191 e. The van der Waals surface area contributed by atoms with Crippen molar-refractivity contribution in [3.8, 4) is 5.75 Å². The molecule has 0 amide bonds. The van der Waals surface area contributed by atoms with Crippen LogP contribution in [0.1, 0.15) is 37.9 Å². The van der Waals surface area contributed by atoms with Crippen molar-refractivity contribution in [1.29, 1.82) is 0 Å². The summed E-state index contributed by atoms with van der Waals surface area (Å²) in [4.78, 5) is 4.58. The molecule has 27 heavy (non-hydrogen) atoms. The molecule has 0 radical (unpaired) electrons. The Kier molecular flexibility index (Phi) is 9.65. The van der Waals surface area contributed by atoms with Gasteiger partial charge in [0.15, 0.2) is 5.96 Å². The van der Waals surface area contributed by atoms with Crippen LogP contribution < -0.4 is 15.4 Å². The molecule has 1 unspecified atom stereocenters. The number of ether oxygens (including phenoxy) is 1. The van der Waals surface area contributed by atoms with Crippen molar-refractivity contribution in [1.82, 2.24) is 10.6 Å². The van der Waals surface area contributed by atoms with Gasteiger partial charge in [-0.1, -0.05) is 12.1 Å². The van der Waals surface area contributed by atoms with Crippen molar-refractivity contribution in [3.63, 3.8) is 0 Å². The van der Waals surface area contributed by atoms with E-state index in [-0.39, 0.29) is 30.5 Å². The van der Waals surface area contributed by atoms with Crippen LogP contribution in [0.25, 0.3) is 0 Å². The van der Waals surface area contributed by atoms with Crippen molar-refractivity contribution in [3.05, 3.63) is 53.5 Å². The molecule has 0 aliphatic heterocycles. The standard InChI is InChI=1S/C20H29N3O3.HI/c1-5-21-19(22-13-16-8-7-9-17(12-16)25-6-2)23-14-20(4,24)18-11-10-15(3)26-18;/h7-12,24H,5-6,13-14H2,1-4H3,(H2,21,22,23);1H. The minimum Gasteiger partial charge on any atom is -0.494 e. The number of rotatable bonds is 8. The molecule has 7 heteroatoms. The first kappa shape index (κ1) is 23.3. The number of benzene rings is 1. The van der Waals surface area contributed by atoms with Crippen LogP contribution in [0, 0.1) is 6.92 Å². The maximum absolute atomic E-state index is 10.6. The summed E-state index contributed by atoms with van der Waals surface area (Å²) >= 11 is 0. The summed E-state index contributed by atoms with van der Waals surface area (Å²) in [6.45, 7) is 9.70. The lowest BCUT2D eigenvalue weighted by atomic mass is 10.0. The van der Waals surface area contributed by atoms with E-state index < -0.39 is 5.60 Å². The summed E-state index contributed by atoms with van der Waals surface area (Å²) in [7, 11) is 0. The summed E-state index contributed by atoms with van der Waals surface area (Å²) in [5.41, 5.74) is -0.0686. The van der Waals surface area contributed by atoms with Gasteiger partial charge in [-0.25, -0.2) is 4.99 Å². The quantitative estimate of drug-likeness (QED) is 0.302. The number of aryl methyl sites for hydroxylation is 1. The van der Waals surface area contributed by atoms with Crippen molar-refractivity contribution < 1.29 is 14.3 Å². The topological polar surface area (TPSA) is 79.0 Å². The average molecular weight is 487 g/mol. The highest BCUT2D eigenvalue weighted by atomic mass is 127. The average Bonchev–Trinajstić information content (AvgIpc) is 3.05. The fraction of sp³-hybridized carbons (Fsp3) is 0.450. The van der Waals surface area contributed by atoms with Crippen LogP contribution in [0.15, 0.2) is 45.8 Å². The number of nitrogens with zero attached hydrogens (tertiary/aromatic N) is 1. The first-order valence-electron chi connectivity index (χ1n) is 8.97. The Labute approximate surface area is 178 Å². The number of furan rings is 1. The Balaban J connectivity index is 0.00000364. The molecule has 0 saturated heterocycles. The number of aliphatic hydroxyl groups is 1. The molecule has 0 aliphatic rings. The van der Waals surface area contributed by atoms with E-state index in [1.54, 1.807) is 13.0 Å². The minimum atomic E-state index is -1.13. The van der Waals surface area contributed by atoms with E-state index in [0.717, 1.165) is 23.6 Å². The van der Waals surface area contributed by atoms with Crippen LogP contribution >= 0.6 is 24.0 Å². The SMILES string of the molecule is CCNC(=NCc1cccc(OCC)c1)NCC(C)(O)c1ccc(C)o1.I. The van der Waals surface area contributed by atoms with E-state index in [1.807, 2.05) is 51.1 Å². The maximum atomic E-state index is 10.6. The zero-order valence-corrected chi connectivity index (χ0v) is 18.7. The Bertz CT molecular complexity index is 729. The number of halogens is 1. The lowest BCUT2D eigenvalue weighted by molar-refractivity contribution is 0.0378. The molecule has 0 fully saturated rings. The summed E-state index contributed by atoms with van der Waals surface area (Å²) in [5, 5.41) is 17.0. The van der Waals surface area contributed by atoms with Gasteiger partial charge in [-0.05, 0) is 57.5 Å². The van der Waals surface area contributed by atoms with Gasteiger partial charge >= 0.3 is 0 Å². The van der Waals surface area contributed by atoms with Crippen LogP contribution in [0.4, 0.5) is 0 Å². The third kappa shape index (κ3) is 7.42. The van der Waals surface area contributed by atoms with E-state index in [2.05, 4.69) is 15.6 Å². The number of guanidine groups is 1. The van der Waals surface area contributed by atoms with Crippen molar-refractivity contribution in [2.75, 3.05) is 19.7 Å². The normalized spacial score (nSPS) is 13.4. The molecule has 150 valence electrons. The van der Waals surface area contributed by atoms with Crippen molar-refractivity contribution in [2.45, 2.75) is 39.8 Å². The van der Waals surface area contributed by atoms with Gasteiger partial charge in [-0.2, -0.15) is 0 Å². The highest BCUT2D eigenvalue weighted by Gasteiger charge is 2.27. The fourth-order valence-electron chi connectivity index (χ4n) is 2.48. The van der Waals surface area contributed by atoms with Crippen LogP contribution in [0.3, 0.4) is 0 Å². The van der Waals surface area contributed by atoms with E-state index in [4.69, 9.17) is 9.15 Å². The zero-order valence-electron chi connectivity index (χ0n) is 16.4. The molecule has 1 aromatic carbocycles. The summed E-state index contributed by atoms with van der Waals surface area (Å²) < 4.78 is 11.1. The second-order valence-corrected chi connectivity index (χ2v) is 6.31. The van der Waals surface area contributed by atoms with Crippen LogP contribution in [0.2, 0.25) is 0 Å². The van der Waals surface area contributed by atoms with Gasteiger partial charge in [0.25, 0.3) is 0 Å². The third-order valence-corrected chi connectivity index (χ3v) is 3.84. The van der Waals surface area contributed by atoms with Crippen molar-refractivity contribution >= 4 is 29.9 Å². The highest BCUT2D eigenvalue weighted by Crippen LogP contribution is 2.21. The molecule has 0 spiro atoms. The Hall–Kier alpha value is -1.74. The molecule has 0 aliphatic carbocycles. The predicted molar refractivity (Wildman–Crippen MR) is 119 cm³/mol. The van der Waals surface area contributed by atoms with Gasteiger partial charge in [0.2, 0.25) is 0 Å². The number of hydrogen-bond donors (Lipinski definition) is 3. The monoisotopic (exact) mass is 487 g/mol. The molecule has 3 N–H and O–H groups in total. The molecule has 1 atom stereocenters. The second-order valence-electron chi connectivity index (χ2n) is 6.31. The molecule has 6 nitrogen and oxygen atoms in total. The second kappa shape index (κ2) is 11.2. The van der Waals surface area contributed by atoms with Gasteiger partial charge in [-0.3, -0.25) is 0 Å². The lowest BCUT2D eigenvalue weighted by Crippen LogP contribution is -2.44. The fourth-order valence-corrected chi connectivity index (χ4v) is 2.48. The Morgan fingerprint density at radius 1 is 1.22 bits per heavy atom. The van der Waals surface area contributed by atoms with Gasteiger partial charge < -0.3 is 24.9 Å². The third-order valence-electron chi connectivity index (χ3n) is 3.84. The van der Waals surface area contributed by atoms with E-state index in [0.29, 0.717) is 24.9 Å². The number of nitrogens with one attached hydrogen (secondary N) is 2. The molecule has 2 aromatic rings. The van der Waals surface area contributed by atoms with Crippen molar-refractivity contribution in [2.24, 2.45) is 4.99 Å². The lowest BCUT2D eigenvalue weighted by Gasteiger charge is -2.22. The first-order chi connectivity index (χ1) is 12.4. The molecule has 0 bridgehead atoms. The molecule has 2 rings (SSSR count). The molecule has 1 heterocycles. The van der Waals surface area contributed by atoms with Gasteiger partial charge in [0.1, 0.15) is 22.9 Å². The number of aliphatic imine (C=N–C) groups is 1. The molecular formula is C20H30IN3O3. The van der Waals surface area contributed by atoms with E-state index in [9.17, 15) is 5.11 Å². The first-order valence-corrected chi connectivity index (χ1v) is 8.97. The Morgan fingerprint density at radius 2 is 2.00 bits per heavy atom. The van der Waals surface area contributed by atoms with Crippen LogP contribution in [0.5, 0.6) is 5.75 Å². The number of hydrogen-bond acceptors (Lipinski definition) is 4. The van der Waals surface area contributed by atoms with Crippen LogP contribution in [-0.4, -0.2) is 30.8 Å². The summed E-state index contributed by atoms with van der Waals surface area (Å²) in [6.07, 6.45) is 0. The minimum absolute atomic E-state index is 0. The molecule has 1 aromatic heterocycles. The summed E-state index contributed by atoms with van der Waals surface area (Å²) in [5.74, 6) is 2.78. The molecular weight excluding hydrogens is 457 g/mol. The van der Waals surface area contributed by atoms with E-state index in [1.165, 1.54) is 0 Å². The summed E-state index contributed by atoms with van der Waals surface area (Å²) in [6, 6.07) is 11.5. The Morgan fingerprint density at radius 3 is 2.63 bits per heavy atom. The predicted octanol–water partition coefficient (Wildman–Crippen LogP) is 3.57. The van der Waals surface area contributed by atoms with Gasteiger partial charge in [-0.15, -0.1) is 24.0 Å². The van der Waals surface area contributed by atoms with Crippen LogP contribution in [-0.2, 0) is 12.1 Å². The molecule has 0 saturated carbocycles. The highest BCUT2D eigenvalue weighted by molar-refractivity contribution is 14.0. The van der Waals surface area contributed by atoms with E-state index >= 15 is 0 Å². The largest absolute Gasteiger partial charge is 0.494 e. The van der Waals surface area contributed by atoms with Gasteiger partial charge in [0.05, 0.1) is 19.7 Å².